The lowest BCUT2D eigenvalue weighted by molar-refractivity contribution is 0.566. The van der Waals surface area contributed by atoms with Crippen LogP contribution in [0.3, 0.4) is 0 Å². The van der Waals surface area contributed by atoms with Crippen molar-refractivity contribution >= 4 is 0 Å². The number of nitrogens with zero attached hydrogens (tertiary/aromatic N) is 2. The van der Waals surface area contributed by atoms with Gasteiger partial charge in [0.1, 0.15) is 23.2 Å². The minimum Gasteiger partial charge on any atom is -0.464 e. The van der Waals surface area contributed by atoms with Gasteiger partial charge in [0.2, 0.25) is 0 Å². The van der Waals surface area contributed by atoms with Gasteiger partial charge in [0.25, 0.3) is 0 Å². The summed E-state index contributed by atoms with van der Waals surface area (Å²) in [7, 11) is 0. The molecule has 0 radical (unpaired) electrons. The van der Waals surface area contributed by atoms with Crippen LogP contribution in [0.2, 0.25) is 0 Å². The van der Waals surface area contributed by atoms with Gasteiger partial charge in [-0.2, -0.15) is 0 Å². The predicted octanol–water partition coefficient (Wildman–Crippen LogP) is 10.9. The van der Waals surface area contributed by atoms with E-state index in [2.05, 4.69) is 75.8 Å². The number of halogens is 2. The zero-order chi connectivity index (χ0) is 31.2. The summed E-state index contributed by atoms with van der Waals surface area (Å²) in [5, 5.41) is 0. The molecule has 0 amide bonds. The fraction of sp³-hybridized carbons (Fsp3) is 0.211. The van der Waals surface area contributed by atoms with Crippen molar-refractivity contribution in [3.05, 3.63) is 120 Å². The number of furan rings is 2. The molecule has 0 saturated heterocycles. The van der Waals surface area contributed by atoms with Crippen LogP contribution in [0, 0.1) is 11.6 Å². The molecule has 6 aromatic rings. The lowest BCUT2D eigenvalue weighted by Gasteiger charge is -2.27. The molecule has 222 valence electrons. The van der Waals surface area contributed by atoms with Gasteiger partial charge < -0.3 is 8.83 Å². The first-order valence-electron chi connectivity index (χ1n) is 14.6. The van der Waals surface area contributed by atoms with Crippen LogP contribution in [0.1, 0.15) is 52.7 Å². The molecule has 0 aliphatic rings. The Bertz CT molecular complexity index is 1770. The summed E-state index contributed by atoms with van der Waals surface area (Å²) in [5.74, 6) is 0.636. The molecule has 0 spiro atoms. The molecule has 4 nitrogen and oxygen atoms in total. The van der Waals surface area contributed by atoms with Gasteiger partial charge in [-0.15, -0.1) is 0 Å². The van der Waals surface area contributed by atoms with Crippen molar-refractivity contribution in [2.45, 2.75) is 52.4 Å². The Morgan fingerprint density at radius 1 is 0.500 bits per heavy atom. The highest BCUT2D eigenvalue weighted by molar-refractivity contribution is 5.95. The highest BCUT2D eigenvalue weighted by atomic mass is 19.1. The van der Waals surface area contributed by atoms with Crippen molar-refractivity contribution in [1.82, 2.24) is 9.97 Å². The maximum Gasteiger partial charge on any atom is 0.141 e. The molecule has 6 heteroatoms. The molecule has 0 fully saturated rings. The van der Waals surface area contributed by atoms with E-state index in [9.17, 15) is 8.78 Å². The van der Waals surface area contributed by atoms with E-state index in [1.165, 1.54) is 24.5 Å². The highest BCUT2D eigenvalue weighted by Crippen LogP contribution is 2.47. The van der Waals surface area contributed by atoms with Crippen molar-refractivity contribution in [2.75, 3.05) is 0 Å². The Morgan fingerprint density at radius 3 is 1.20 bits per heavy atom. The van der Waals surface area contributed by atoms with Gasteiger partial charge in [-0.1, -0.05) is 41.5 Å². The molecule has 0 aliphatic heterocycles. The van der Waals surface area contributed by atoms with Crippen LogP contribution in [-0.4, -0.2) is 9.97 Å². The quantitative estimate of drug-likeness (QED) is 0.201. The van der Waals surface area contributed by atoms with Crippen molar-refractivity contribution < 1.29 is 17.6 Å². The molecule has 44 heavy (non-hydrogen) atoms. The zero-order valence-electron chi connectivity index (χ0n) is 25.7. The Hall–Kier alpha value is -4.84. The van der Waals surface area contributed by atoms with E-state index >= 15 is 0 Å². The highest BCUT2D eigenvalue weighted by Gasteiger charge is 2.28. The summed E-state index contributed by atoms with van der Waals surface area (Å²) < 4.78 is 40.1. The Kier molecular flexibility index (Phi) is 7.32. The van der Waals surface area contributed by atoms with Crippen molar-refractivity contribution in [1.29, 1.82) is 0 Å². The lowest BCUT2D eigenvalue weighted by Crippen LogP contribution is -2.14. The molecule has 6 rings (SSSR count). The van der Waals surface area contributed by atoms with Crippen LogP contribution in [-0.2, 0) is 10.8 Å². The fourth-order valence-corrected chi connectivity index (χ4v) is 5.65. The van der Waals surface area contributed by atoms with Crippen LogP contribution in [0.25, 0.3) is 56.3 Å². The summed E-state index contributed by atoms with van der Waals surface area (Å²) in [6.45, 7) is 12.9. The third kappa shape index (κ3) is 5.60. The van der Waals surface area contributed by atoms with Crippen LogP contribution in [0.4, 0.5) is 8.78 Å². The second-order valence-electron chi connectivity index (χ2n) is 13.1. The zero-order valence-corrected chi connectivity index (χ0v) is 25.7. The maximum atomic E-state index is 14.1. The minimum atomic E-state index is -0.413. The van der Waals surface area contributed by atoms with Gasteiger partial charge >= 0.3 is 0 Å². The average molecular weight is 589 g/mol. The fourth-order valence-electron chi connectivity index (χ4n) is 5.65. The van der Waals surface area contributed by atoms with E-state index < -0.39 is 11.6 Å². The van der Waals surface area contributed by atoms with Gasteiger partial charge in [-0.3, -0.25) is 9.97 Å². The summed E-state index contributed by atoms with van der Waals surface area (Å²) in [5.41, 5.74) is 8.03. The van der Waals surface area contributed by atoms with E-state index in [-0.39, 0.29) is 10.8 Å². The standard InChI is InChI=1S/C38H34F2N2O2/c1-37(2,3)31-19-27(33-13-11-23(39)21-41-33)25(17-29(31)35-9-7-15-43-35)26-18-30(36-10-8-16-44-36)32(38(4,5)6)20-28(26)34-14-12-24(40)22-42-34/h7-22H,1-6H3. The van der Waals surface area contributed by atoms with Gasteiger partial charge in [0.05, 0.1) is 36.3 Å². The molecule has 0 N–H and O–H groups in total. The summed E-state index contributed by atoms with van der Waals surface area (Å²) in [6.07, 6.45) is 5.79. The topological polar surface area (TPSA) is 52.1 Å². The second-order valence-corrected chi connectivity index (χ2v) is 13.1. The van der Waals surface area contributed by atoms with Crippen LogP contribution < -0.4 is 0 Å². The molecule has 0 unspecified atom stereocenters. The van der Waals surface area contributed by atoms with Crippen molar-refractivity contribution in [3.8, 4) is 56.3 Å². The van der Waals surface area contributed by atoms with E-state index in [0.717, 1.165) is 56.0 Å². The van der Waals surface area contributed by atoms with E-state index in [1.807, 2.05) is 24.3 Å². The minimum absolute atomic E-state index is 0.258. The van der Waals surface area contributed by atoms with Crippen LogP contribution in [0.5, 0.6) is 0 Å². The largest absolute Gasteiger partial charge is 0.464 e. The Morgan fingerprint density at radius 2 is 0.909 bits per heavy atom. The monoisotopic (exact) mass is 588 g/mol. The molecular weight excluding hydrogens is 554 g/mol. The first-order valence-corrected chi connectivity index (χ1v) is 14.6. The third-order valence-corrected chi connectivity index (χ3v) is 7.80. The summed E-state index contributed by atoms with van der Waals surface area (Å²) in [4.78, 5) is 9.02. The molecule has 2 aromatic carbocycles. The van der Waals surface area contributed by atoms with Crippen LogP contribution >= 0.6 is 0 Å². The SMILES string of the molecule is CC(C)(C)c1cc(-c2ccc(F)cn2)c(-c2cc(-c3ccco3)c(C(C)(C)C)cc2-c2ccc(F)cn2)cc1-c1ccco1. The number of benzene rings is 2. The number of hydrogen-bond acceptors (Lipinski definition) is 4. The number of aromatic nitrogens is 2. The molecule has 0 saturated carbocycles. The van der Waals surface area contributed by atoms with Gasteiger partial charge in [0, 0.05) is 22.3 Å². The Balaban J connectivity index is 1.77. The first kappa shape index (κ1) is 29.2. The third-order valence-electron chi connectivity index (χ3n) is 7.80. The normalized spacial score (nSPS) is 12.1. The van der Waals surface area contributed by atoms with E-state index in [4.69, 9.17) is 8.83 Å². The maximum absolute atomic E-state index is 14.1. The average Bonchev–Trinajstić information content (AvgIpc) is 3.71. The first-order chi connectivity index (χ1) is 20.9. The number of rotatable bonds is 5. The van der Waals surface area contributed by atoms with Crippen molar-refractivity contribution in [2.24, 2.45) is 0 Å². The molecule has 0 atom stereocenters. The molecule has 4 heterocycles. The second kappa shape index (κ2) is 11.0. The molecule has 0 aliphatic carbocycles. The van der Waals surface area contributed by atoms with Gasteiger partial charge in [0.15, 0.2) is 0 Å². The van der Waals surface area contributed by atoms with Gasteiger partial charge in [-0.05, 0) is 106 Å². The summed E-state index contributed by atoms with van der Waals surface area (Å²) in [6, 6.07) is 22.4. The van der Waals surface area contributed by atoms with Gasteiger partial charge in [-0.25, -0.2) is 8.78 Å². The number of pyridine rings is 2. The smallest absolute Gasteiger partial charge is 0.141 e. The van der Waals surface area contributed by atoms with Crippen LogP contribution in [0.15, 0.2) is 107 Å². The van der Waals surface area contributed by atoms with E-state index in [0.29, 0.717) is 11.4 Å². The lowest BCUT2D eigenvalue weighted by atomic mass is 9.77. The Labute approximate surface area is 256 Å². The predicted molar refractivity (Wildman–Crippen MR) is 171 cm³/mol. The molecular formula is C38H34F2N2O2. The van der Waals surface area contributed by atoms with E-state index in [1.54, 1.807) is 24.7 Å². The molecule has 0 bridgehead atoms. The van der Waals surface area contributed by atoms with Crippen molar-refractivity contribution in [3.63, 3.8) is 0 Å². The molecule has 4 aromatic heterocycles. The number of hydrogen-bond donors (Lipinski definition) is 0. The summed E-state index contributed by atoms with van der Waals surface area (Å²) >= 11 is 0.